The van der Waals surface area contributed by atoms with E-state index in [4.69, 9.17) is 0 Å². The van der Waals surface area contributed by atoms with Crippen LogP contribution in [0.5, 0.6) is 0 Å². The van der Waals surface area contributed by atoms with Crippen molar-refractivity contribution in [3.8, 4) is 16.9 Å². The smallest absolute Gasteiger partial charge is 0.283 e. The first-order valence-electron chi connectivity index (χ1n) is 8.89. The van der Waals surface area contributed by atoms with Gasteiger partial charge in [0, 0.05) is 11.8 Å². The summed E-state index contributed by atoms with van der Waals surface area (Å²) in [6.07, 6.45) is -3.04. The van der Waals surface area contributed by atoms with Gasteiger partial charge in [-0.25, -0.2) is 9.97 Å². The molecule has 144 valence electrons. The standard InChI is InChI=1S/C21H14F3N5/c1-13-11-17(28-12-25-15-9-5-6-10-16(15)28)29-20(26-13)18(14-7-3-2-4-8-14)19(27-29)21(22,23)24/h2-12H,1H3. The summed E-state index contributed by atoms with van der Waals surface area (Å²) in [5.74, 6) is 0.439. The maximum Gasteiger partial charge on any atom is 0.435 e. The number of aromatic nitrogens is 5. The van der Waals surface area contributed by atoms with Gasteiger partial charge >= 0.3 is 6.18 Å². The molecule has 3 heterocycles. The summed E-state index contributed by atoms with van der Waals surface area (Å²) >= 11 is 0. The van der Waals surface area contributed by atoms with E-state index in [1.807, 2.05) is 24.3 Å². The number of hydrogen-bond donors (Lipinski definition) is 0. The topological polar surface area (TPSA) is 48.0 Å². The summed E-state index contributed by atoms with van der Waals surface area (Å²) in [6.45, 7) is 1.75. The lowest BCUT2D eigenvalue weighted by Gasteiger charge is -2.09. The van der Waals surface area contributed by atoms with Crippen molar-refractivity contribution in [3.05, 3.63) is 78.4 Å². The largest absolute Gasteiger partial charge is 0.435 e. The Hall–Kier alpha value is -3.68. The van der Waals surface area contributed by atoms with Crippen molar-refractivity contribution in [1.29, 1.82) is 0 Å². The van der Waals surface area contributed by atoms with Crippen molar-refractivity contribution in [3.63, 3.8) is 0 Å². The third kappa shape index (κ3) is 2.75. The van der Waals surface area contributed by atoms with Crippen molar-refractivity contribution < 1.29 is 13.2 Å². The van der Waals surface area contributed by atoms with Gasteiger partial charge in [-0.05, 0) is 24.6 Å². The zero-order valence-electron chi connectivity index (χ0n) is 15.2. The first-order chi connectivity index (χ1) is 13.9. The van der Waals surface area contributed by atoms with Crippen molar-refractivity contribution in [2.75, 3.05) is 0 Å². The molecule has 0 radical (unpaired) electrons. The molecule has 0 atom stereocenters. The average Bonchev–Trinajstić information content (AvgIpc) is 3.29. The zero-order valence-corrected chi connectivity index (χ0v) is 15.2. The van der Waals surface area contributed by atoms with Gasteiger partial charge < -0.3 is 0 Å². The predicted molar refractivity (Wildman–Crippen MR) is 103 cm³/mol. The molecule has 0 amide bonds. The summed E-state index contributed by atoms with van der Waals surface area (Å²) in [5.41, 5.74) is 1.65. The number of alkyl halides is 3. The van der Waals surface area contributed by atoms with E-state index in [0.717, 1.165) is 11.0 Å². The fourth-order valence-electron chi connectivity index (χ4n) is 3.50. The van der Waals surface area contributed by atoms with Gasteiger partial charge in [-0.2, -0.15) is 22.8 Å². The highest BCUT2D eigenvalue weighted by Crippen LogP contribution is 2.39. The number of nitrogens with zero attached hydrogens (tertiary/aromatic N) is 5. The monoisotopic (exact) mass is 393 g/mol. The second-order valence-electron chi connectivity index (χ2n) is 6.68. The van der Waals surface area contributed by atoms with Gasteiger partial charge in [0.1, 0.15) is 12.1 Å². The van der Waals surface area contributed by atoms with E-state index in [0.29, 0.717) is 17.1 Å². The van der Waals surface area contributed by atoms with Crippen LogP contribution in [0, 0.1) is 6.92 Å². The van der Waals surface area contributed by atoms with Gasteiger partial charge in [-0.15, -0.1) is 0 Å². The predicted octanol–water partition coefficient (Wildman–Crippen LogP) is 5.06. The van der Waals surface area contributed by atoms with Gasteiger partial charge in [-0.1, -0.05) is 42.5 Å². The normalized spacial score (nSPS) is 12.1. The SMILES string of the molecule is Cc1cc(-n2cnc3ccccc32)n2nc(C(F)(F)F)c(-c3ccccc3)c2n1. The number of rotatable bonds is 2. The molecule has 0 saturated heterocycles. The molecular weight excluding hydrogens is 379 g/mol. The molecule has 5 rings (SSSR count). The van der Waals surface area contributed by atoms with Crippen molar-refractivity contribution >= 4 is 16.7 Å². The molecule has 0 bridgehead atoms. The summed E-state index contributed by atoms with van der Waals surface area (Å²) in [4.78, 5) is 8.75. The van der Waals surface area contributed by atoms with Crippen LogP contribution in [-0.2, 0) is 6.18 Å². The average molecular weight is 393 g/mol. The fourth-order valence-corrected chi connectivity index (χ4v) is 3.50. The molecule has 0 spiro atoms. The van der Waals surface area contributed by atoms with Crippen LogP contribution >= 0.6 is 0 Å². The number of fused-ring (bicyclic) bond motifs is 2. The Labute approximate surface area is 163 Å². The van der Waals surface area contributed by atoms with Crippen molar-refractivity contribution in [2.45, 2.75) is 13.1 Å². The van der Waals surface area contributed by atoms with E-state index < -0.39 is 11.9 Å². The first kappa shape index (κ1) is 17.4. The van der Waals surface area contributed by atoms with Crippen LogP contribution in [0.15, 0.2) is 67.0 Å². The molecular formula is C21H14F3N5. The highest BCUT2D eigenvalue weighted by molar-refractivity contribution is 5.82. The first-order valence-corrected chi connectivity index (χ1v) is 8.89. The third-order valence-corrected chi connectivity index (χ3v) is 4.73. The van der Waals surface area contributed by atoms with Crippen LogP contribution in [0.3, 0.4) is 0 Å². The Morgan fingerprint density at radius 2 is 1.66 bits per heavy atom. The molecule has 3 aromatic heterocycles. The molecule has 0 aliphatic carbocycles. The Morgan fingerprint density at radius 3 is 2.41 bits per heavy atom. The Balaban J connectivity index is 1.90. The molecule has 0 saturated carbocycles. The second-order valence-corrected chi connectivity index (χ2v) is 6.68. The number of benzene rings is 2. The molecule has 0 fully saturated rings. The van der Waals surface area contributed by atoms with Gasteiger partial charge in [0.05, 0.1) is 16.6 Å². The van der Waals surface area contributed by atoms with Crippen LogP contribution in [0.2, 0.25) is 0 Å². The molecule has 0 unspecified atom stereocenters. The minimum atomic E-state index is -4.62. The van der Waals surface area contributed by atoms with Crippen LogP contribution in [0.1, 0.15) is 11.4 Å². The summed E-state index contributed by atoms with van der Waals surface area (Å²) in [7, 11) is 0. The lowest BCUT2D eigenvalue weighted by molar-refractivity contribution is -0.140. The van der Waals surface area contributed by atoms with Crippen LogP contribution in [0.25, 0.3) is 33.6 Å². The highest BCUT2D eigenvalue weighted by Gasteiger charge is 2.39. The Kier molecular flexibility index (Phi) is 3.70. The summed E-state index contributed by atoms with van der Waals surface area (Å²) in [5, 5.41) is 3.94. The minimum absolute atomic E-state index is 0.0347. The summed E-state index contributed by atoms with van der Waals surface area (Å²) in [6, 6.07) is 17.5. The lowest BCUT2D eigenvalue weighted by atomic mass is 10.1. The molecule has 0 N–H and O–H groups in total. The molecule has 2 aromatic carbocycles. The van der Waals surface area contributed by atoms with Gasteiger partial charge in [0.15, 0.2) is 11.3 Å². The minimum Gasteiger partial charge on any atom is -0.283 e. The second kappa shape index (κ2) is 6.16. The molecule has 5 aromatic rings. The fraction of sp³-hybridized carbons (Fsp3) is 0.0952. The number of imidazole rings is 1. The maximum absolute atomic E-state index is 13.9. The van der Waals surface area contributed by atoms with Crippen LogP contribution in [-0.4, -0.2) is 24.1 Å². The van der Waals surface area contributed by atoms with E-state index in [2.05, 4.69) is 15.1 Å². The van der Waals surface area contributed by atoms with Crippen molar-refractivity contribution in [2.24, 2.45) is 0 Å². The van der Waals surface area contributed by atoms with E-state index in [1.165, 1.54) is 4.52 Å². The number of hydrogen-bond acceptors (Lipinski definition) is 3. The van der Waals surface area contributed by atoms with Gasteiger partial charge in [0.2, 0.25) is 0 Å². The van der Waals surface area contributed by atoms with Crippen LogP contribution in [0.4, 0.5) is 13.2 Å². The number of halogens is 3. The molecule has 0 aliphatic heterocycles. The Bertz CT molecular complexity index is 1350. The van der Waals surface area contributed by atoms with E-state index in [-0.39, 0.29) is 11.2 Å². The third-order valence-electron chi connectivity index (χ3n) is 4.73. The molecule has 29 heavy (non-hydrogen) atoms. The van der Waals surface area contributed by atoms with Crippen LogP contribution < -0.4 is 0 Å². The lowest BCUT2D eigenvalue weighted by Crippen LogP contribution is -2.09. The van der Waals surface area contributed by atoms with Gasteiger partial charge in [0.25, 0.3) is 0 Å². The van der Waals surface area contributed by atoms with E-state index in [9.17, 15) is 13.2 Å². The van der Waals surface area contributed by atoms with E-state index in [1.54, 1.807) is 54.2 Å². The quantitative estimate of drug-likeness (QED) is 0.421. The Morgan fingerprint density at radius 1 is 0.931 bits per heavy atom. The van der Waals surface area contributed by atoms with E-state index >= 15 is 0 Å². The van der Waals surface area contributed by atoms with Crippen molar-refractivity contribution in [1.82, 2.24) is 24.1 Å². The number of para-hydroxylation sites is 2. The highest BCUT2D eigenvalue weighted by atomic mass is 19.4. The zero-order chi connectivity index (χ0) is 20.2. The molecule has 5 nitrogen and oxygen atoms in total. The molecule has 8 heteroatoms. The summed E-state index contributed by atoms with van der Waals surface area (Å²) < 4.78 is 44.6. The van der Waals surface area contributed by atoms with Gasteiger partial charge in [-0.3, -0.25) is 4.57 Å². The molecule has 0 aliphatic rings. The number of aryl methyl sites for hydroxylation is 1. The maximum atomic E-state index is 13.9.